The summed E-state index contributed by atoms with van der Waals surface area (Å²) in [5.41, 5.74) is 1.27. The van der Waals surface area contributed by atoms with Crippen molar-refractivity contribution in [3.8, 4) is 0 Å². The van der Waals surface area contributed by atoms with Crippen molar-refractivity contribution in [3.63, 3.8) is 0 Å². The molecule has 0 spiro atoms. The third-order valence-electron chi connectivity index (χ3n) is 3.42. The molecule has 5 heteroatoms. The molecule has 1 aromatic heterocycles. The second kappa shape index (κ2) is 5.63. The first-order valence-electron chi connectivity index (χ1n) is 6.47. The molecule has 1 aliphatic heterocycles. The van der Waals surface area contributed by atoms with Crippen molar-refractivity contribution in [1.29, 1.82) is 0 Å². The molecule has 1 atom stereocenters. The SMILES string of the molecule is O=C(C1CSCCN1)N(Cc1ccsc1)C1CC1. The van der Waals surface area contributed by atoms with Crippen LogP contribution in [0.15, 0.2) is 16.8 Å². The summed E-state index contributed by atoms with van der Waals surface area (Å²) >= 11 is 3.58. The van der Waals surface area contributed by atoms with E-state index in [1.165, 1.54) is 18.4 Å². The second-order valence-electron chi connectivity index (χ2n) is 4.91. The zero-order valence-electron chi connectivity index (χ0n) is 10.3. The summed E-state index contributed by atoms with van der Waals surface area (Å²) in [5, 5.41) is 7.58. The molecular formula is C13H18N2OS2. The smallest absolute Gasteiger partial charge is 0.241 e. The van der Waals surface area contributed by atoms with E-state index in [0.29, 0.717) is 11.9 Å². The van der Waals surface area contributed by atoms with Crippen LogP contribution in [0.2, 0.25) is 0 Å². The highest BCUT2D eigenvalue weighted by molar-refractivity contribution is 7.99. The maximum absolute atomic E-state index is 12.6. The molecular weight excluding hydrogens is 264 g/mol. The standard InChI is InChI=1S/C13H18N2OS2/c16-13(12-9-18-6-4-14-12)15(11-1-2-11)7-10-3-5-17-8-10/h3,5,8,11-12,14H,1-2,4,6-7,9H2. The summed E-state index contributed by atoms with van der Waals surface area (Å²) < 4.78 is 0. The lowest BCUT2D eigenvalue weighted by atomic mass is 10.2. The summed E-state index contributed by atoms with van der Waals surface area (Å²) in [7, 11) is 0. The lowest BCUT2D eigenvalue weighted by molar-refractivity contribution is -0.134. The van der Waals surface area contributed by atoms with Gasteiger partial charge in [0.05, 0.1) is 6.04 Å². The van der Waals surface area contributed by atoms with E-state index >= 15 is 0 Å². The van der Waals surface area contributed by atoms with Crippen LogP contribution in [0.4, 0.5) is 0 Å². The first-order chi connectivity index (χ1) is 8.84. The van der Waals surface area contributed by atoms with Crippen LogP contribution in [0, 0.1) is 0 Å². The average Bonchev–Trinajstić information content (AvgIpc) is 3.13. The molecule has 1 N–H and O–H groups in total. The van der Waals surface area contributed by atoms with Gasteiger partial charge >= 0.3 is 0 Å². The molecule has 2 heterocycles. The number of thiophene rings is 1. The average molecular weight is 282 g/mol. The molecule has 98 valence electrons. The van der Waals surface area contributed by atoms with Gasteiger partial charge in [0.2, 0.25) is 5.91 Å². The number of nitrogens with zero attached hydrogens (tertiary/aromatic N) is 1. The molecule has 3 rings (SSSR count). The monoisotopic (exact) mass is 282 g/mol. The van der Waals surface area contributed by atoms with Crippen LogP contribution in [0.3, 0.4) is 0 Å². The zero-order chi connectivity index (χ0) is 12.4. The van der Waals surface area contributed by atoms with Crippen LogP contribution in [0.25, 0.3) is 0 Å². The highest BCUT2D eigenvalue weighted by Crippen LogP contribution is 2.30. The third-order valence-corrected chi connectivity index (χ3v) is 5.22. The van der Waals surface area contributed by atoms with Gasteiger partial charge in [-0.2, -0.15) is 23.1 Å². The number of carbonyl (C=O) groups is 1. The zero-order valence-corrected chi connectivity index (χ0v) is 11.9. The van der Waals surface area contributed by atoms with E-state index in [4.69, 9.17) is 0 Å². The predicted octanol–water partition coefficient (Wildman–Crippen LogP) is 1.94. The normalized spacial score (nSPS) is 23.9. The van der Waals surface area contributed by atoms with Crippen molar-refractivity contribution < 1.29 is 4.79 Å². The largest absolute Gasteiger partial charge is 0.334 e. The Morgan fingerprint density at radius 2 is 2.39 bits per heavy atom. The number of nitrogens with one attached hydrogen (secondary N) is 1. The molecule has 1 aliphatic carbocycles. The van der Waals surface area contributed by atoms with Gasteiger partial charge in [-0.25, -0.2) is 0 Å². The van der Waals surface area contributed by atoms with E-state index < -0.39 is 0 Å². The maximum atomic E-state index is 12.6. The van der Waals surface area contributed by atoms with Gasteiger partial charge < -0.3 is 10.2 Å². The van der Waals surface area contributed by atoms with E-state index in [-0.39, 0.29) is 6.04 Å². The van der Waals surface area contributed by atoms with Crippen molar-refractivity contribution in [3.05, 3.63) is 22.4 Å². The third kappa shape index (κ3) is 2.90. The fraction of sp³-hybridized carbons (Fsp3) is 0.615. The second-order valence-corrected chi connectivity index (χ2v) is 6.84. The van der Waals surface area contributed by atoms with Crippen molar-refractivity contribution in [2.75, 3.05) is 18.1 Å². The fourth-order valence-electron chi connectivity index (χ4n) is 2.28. The Balaban J connectivity index is 1.66. The van der Waals surface area contributed by atoms with Crippen molar-refractivity contribution in [2.45, 2.75) is 31.5 Å². The molecule has 1 aromatic rings. The maximum Gasteiger partial charge on any atom is 0.241 e. The minimum atomic E-state index is 0.0305. The molecule has 0 radical (unpaired) electrons. The molecule has 0 bridgehead atoms. The molecule has 18 heavy (non-hydrogen) atoms. The number of thioether (sulfide) groups is 1. The number of carbonyl (C=O) groups excluding carboxylic acids is 1. The van der Waals surface area contributed by atoms with Crippen LogP contribution in [-0.2, 0) is 11.3 Å². The van der Waals surface area contributed by atoms with E-state index in [1.807, 2.05) is 11.8 Å². The lowest BCUT2D eigenvalue weighted by Gasteiger charge is -2.29. The quantitative estimate of drug-likeness (QED) is 0.916. The minimum Gasteiger partial charge on any atom is -0.334 e. The number of amides is 1. The van der Waals surface area contributed by atoms with Gasteiger partial charge in [0, 0.05) is 30.6 Å². The predicted molar refractivity (Wildman–Crippen MR) is 77.0 cm³/mol. The van der Waals surface area contributed by atoms with Crippen LogP contribution in [-0.4, -0.2) is 40.9 Å². The van der Waals surface area contributed by atoms with Crippen molar-refractivity contribution in [2.24, 2.45) is 0 Å². The van der Waals surface area contributed by atoms with Gasteiger partial charge in [-0.1, -0.05) is 0 Å². The molecule has 1 amide bonds. The molecule has 2 fully saturated rings. The summed E-state index contributed by atoms with van der Waals surface area (Å²) in [5.74, 6) is 2.35. The summed E-state index contributed by atoms with van der Waals surface area (Å²) in [4.78, 5) is 14.6. The summed E-state index contributed by atoms with van der Waals surface area (Å²) in [6, 6.07) is 2.64. The Hall–Kier alpha value is -0.520. The van der Waals surface area contributed by atoms with Gasteiger partial charge in [-0.3, -0.25) is 4.79 Å². The lowest BCUT2D eigenvalue weighted by Crippen LogP contribution is -2.51. The number of rotatable bonds is 4. The molecule has 1 saturated carbocycles. The fourth-order valence-corrected chi connectivity index (χ4v) is 3.86. The van der Waals surface area contributed by atoms with Gasteiger partial charge in [0.1, 0.15) is 0 Å². The van der Waals surface area contributed by atoms with Gasteiger partial charge in [0.25, 0.3) is 0 Å². The highest BCUT2D eigenvalue weighted by atomic mass is 32.2. The molecule has 1 saturated heterocycles. The van der Waals surface area contributed by atoms with Crippen molar-refractivity contribution in [1.82, 2.24) is 10.2 Å². The van der Waals surface area contributed by atoms with Gasteiger partial charge in [0.15, 0.2) is 0 Å². The van der Waals surface area contributed by atoms with Crippen LogP contribution < -0.4 is 5.32 Å². The minimum absolute atomic E-state index is 0.0305. The van der Waals surface area contributed by atoms with E-state index in [1.54, 1.807) is 11.3 Å². The number of hydrogen-bond acceptors (Lipinski definition) is 4. The molecule has 0 aromatic carbocycles. The molecule has 3 nitrogen and oxygen atoms in total. The van der Waals surface area contributed by atoms with E-state index in [2.05, 4.69) is 27.0 Å². The van der Waals surface area contributed by atoms with Crippen LogP contribution in [0.5, 0.6) is 0 Å². The topological polar surface area (TPSA) is 32.3 Å². The van der Waals surface area contributed by atoms with E-state index in [0.717, 1.165) is 24.6 Å². The highest BCUT2D eigenvalue weighted by Gasteiger charge is 2.36. The van der Waals surface area contributed by atoms with Gasteiger partial charge in [-0.15, -0.1) is 0 Å². The van der Waals surface area contributed by atoms with Crippen LogP contribution in [0.1, 0.15) is 18.4 Å². The van der Waals surface area contributed by atoms with Crippen molar-refractivity contribution >= 4 is 29.0 Å². The Kier molecular flexibility index (Phi) is 3.91. The first kappa shape index (κ1) is 12.5. The summed E-state index contributed by atoms with van der Waals surface area (Å²) in [6.07, 6.45) is 2.35. The Bertz CT molecular complexity index is 397. The van der Waals surface area contributed by atoms with Gasteiger partial charge in [-0.05, 0) is 35.2 Å². The Labute approximate surface area is 116 Å². The molecule has 1 unspecified atom stereocenters. The summed E-state index contributed by atoms with van der Waals surface area (Å²) in [6.45, 7) is 1.74. The first-order valence-corrected chi connectivity index (χ1v) is 8.57. The van der Waals surface area contributed by atoms with Crippen LogP contribution >= 0.6 is 23.1 Å². The van der Waals surface area contributed by atoms with E-state index in [9.17, 15) is 4.79 Å². The number of hydrogen-bond donors (Lipinski definition) is 1. The molecule has 2 aliphatic rings. The Morgan fingerprint density at radius 3 is 3.00 bits per heavy atom. The Morgan fingerprint density at radius 1 is 1.50 bits per heavy atom.